The quantitative estimate of drug-likeness (QED) is 0.777. The van der Waals surface area contributed by atoms with Crippen molar-refractivity contribution in [1.82, 2.24) is 25.1 Å². The van der Waals surface area contributed by atoms with Gasteiger partial charge in [-0.3, -0.25) is 5.10 Å². The van der Waals surface area contributed by atoms with Crippen molar-refractivity contribution >= 4 is 17.6 Å². The summed E-state index contributed by atoms with van der Waals surface area (Å²) in [4.78, 5) is 12.6. The number of nitrogen functional groups attached to an aromatic ring is 1. The predicted molar refractivity (Wildman–Crippen MR) is 60.9 cm³/mol. The fourth-order valence-electron chi connectivity index (χ4n) is 1.22. The summed E-state index contributed by atoms with van der Waals surface area (Å²) in [7, 11) is 0. The fraction of sp³-hybridized carbons (Fsp3) is 0.333. The van der Waals surface area contributed by atoms with Crippen LogP contribution in [0.1, 0.15) is 19.2 Å². The summed E-state index contributed by atoms with van der Waals surface area (Å²) in [5.74, 6) is 1.25. The van der Waals surface area contributed by atoms with Crippen LogP contribution in [0.3, 0.4) is 0 Å². The zero-order valence-corrected chi connectivity index (χ0v) is 9.66. The van der Waals surface area contributed by atoms with Crippen LogP contribution in [0.5, 0.6) is 0 Å². The zero-order valence-electron chi connectivity index (χ0n) is 8.84. The van der Waals surface area contributed by atoms with Crippen molar-refractivity contribution < 1.29 is 0 Å². The van der Waals surface area contributed by atoms with Gasteiger partial charge in [0.2, 0.25) is 0 Å². The van der Waals surface area contributed by atoms with Crippen molar-refractivity contribution in [2.24, 2.45) is 0 Å². The molecule has 84 valence electrons. The van der Waals surface area contributed by atoms with E-state index in [9.17, 15) is 0 Å². The molecule has 6 nitrogen and oxygen atoms in total. The van der Waals surface area contributed by atoms with Crippen LogP contribution in [0, 0.1) is 0 Å². The lowest BCUT2D eigenvalue weighted by molar-refractivity contribution is 0.812. The number of H-pyrrole nitrogens is 1. The molecule has 7 heteroatoms. The Labute approximate surface area is 97.1 Å². The van der Waals surface area contributed by atoms with Gasteiger partial charge in [0.25, 0.3) is 0 Å². The molecule has 0 aromatic carbocycles. The van der Waals surface area contributed by atoms with E-state index in [2.05, 4.69) is 32.1 Å². The van der Waals surface area contributed by atoms with Crippen LogP contribution in [-0.2, 0) is 6.42 Å². The molecule has 2 rings (SSSR count). The highest BCUT2D eigenvalue weighted by molar-refractivity contribution is 7.99. The maximum absolute atomic E-state index is 5.71. The minimum absolute atomic E-state index is 0.487. The molecule has 0 saturated carbocycles. The smallest absolute Gasteiger partial charge is 0.189 e. The molecule has 0 radical (unpaired) electrons. The molecular formula is C9H12N6S. The molecule has 0 unspecified atom stereocenters. The number of hydrogen-bond donors (Lipinski definition) is 2. The first-order valence-corrected chi connectivity index (χ1v) is 5.76. The molecule has 2 heterocycles. The van der Waals surface area contributed by atoms with Crippen LogP contribution in [0.15, 0.2) is 22.6 Å². The Balaban J connectivity index is 2.20. The van der Waals surface area contributed by atoms with Crippen LogP contribution >= 0.6 is 11.8 Å². The minimum atomic E-state index is 0.487. The van der Waals surface area contributed by atoms with Gasteiger partial charge in [-0.15, -0.1) is 0 Å². The van der Waals surface area contributed by atoms with E-state index >= 15 is 0 Å². The third kappa shape index (κ3) is 2.69. The van der Waals surface area contributed by atoms with Crippen LogP contribution in [0.25, 0.3) is 0 Å². The van der Waals surface area contributed by atoms with Crippen molar-refractivity contribution in [3.63, 3.8) is 0 Å². The predicted octanol–water partition coefficient (Wildman–Crippen LogP) is 1.28. The molecular weight excluding hydrogens is 224 g/mol. The van der Waals surface area contributed by atoms with Crippen LogP contribution < -0.4 is 5.73 Å². The molecule has 0 aliphatic rings. The number of aromatic nitrogens is 5. The number of nitrogens with zero attached hydrogens (tertiary/aromatic N) is 4. The Hall–Kier alpha value is -1.63. The van der Waals surface area contributed by atoms with Gasteiger partial charge in [-0.2, -0.15) is 5.10 Å². The monoisotopic (exact) mass is 236 g/mol. The maximum Gasteiger partial charge on any atom is 0.189 e. The number of nitrogens with two attached hydrogens (primary N) is 1. The Morgan fingerprint density at radius 2 is 2.31 bits per heavy atom. The Morgan fingerprint density at radius 3 is 3.00 bits per heavy atom. The molecule has 0 saturated heterocycles. The maximum atomic E-state index is 5.71. The van der Waals surface area contributed by atoms with Crippen molar-refractivity contribution in [2.75, 3.05) is 5.73 Å². The summed E-state index contributed by atoms with van der Waals surface area (Å²) in [5.41, 5.74) is 5.71. The highest BCUT2D eigenvalue weighted by Gasteiger charge is 2.05. The number of anilines is 1. The first-order chi connectivity index (χ1) is 7.78. The molecule has 0 aliphatic heterocycles. The lowest BCUT2D eigenvalue weighted by Crippen LogP contribution is -2.00. The summed E-state index contributed by atoms with van der Waals surface area (Å²) >= 11 is 1.39. The molecule has 0 aliphatic carbocycles. The van der Waals surface area contributed by atoms with Gasteiger partial charge in [0.15, 0.2) is 5.16 Å². The molecule has 0 fully saturated rings. The second-order valence-corrected chi connectivity index (χ2v) is 4.20. The topological polar surface area (TPSA) is 93.4 Å². The molecule has 16 heavy (non-hydrogen) atoms. The molecule has 0 amide bonds. The lowest BCUT2D eigenvalue weighted by atomic mass is 10.3. The summed E-state index contributed by atoms with van der Waals surface area (Å²) < 4.78 is 0. The van der Waals surface area contributed by atoms with E-state index in [1.165, 1.54) is 18.1 Å². The van der Waals surface area contributed by atoms with Gasteiger partial charge >= 0.3 is 0 Å². The molecule has 3 N–H and O–H groups in total. The number of hydrogen-bond acceptors (Lipinski definition) is 6. The average molecular weight is 236 g/mol. The van der Waals surface area contributed by atoms with E-state index in [0.717, 1.165) is 23.7 Å². The van der Waals surface area contributed by atoms with Crippen LogP contribution in [-0.4, -0.2) is 25.1 Å². The first-order valence-electron chi connectivity index (χ1n) is 4.94. The molecule has 0 atom stereocenters. The molecule has 2 aromatic rings. The number of rotatable bonds is 4. The molecule has 0 spiro atoms. The van der Waals surface area contributed by atoms with E-state index < -0.39 is 0 Å². The van der Waals surface area contributed by atoms with Gasteiger partial charge in [0.1, 0.15) is 23.0 Å². The Bertz CT molecular complexity index is 455. The van der Waals surface area contributed by atoms with Crippen molar-refractivity contribution in [3.05, 3.63) is 18.2 Å². The van der Waals surface area contributed by atoms with Crippen LogP contribution in [0.4, 0.5) is 5.82 Å². The van der Waals surface area contributed by atoms with E-state index in [1.54, 1.807) is 6.07 Å². The fourth-order valence-corrected chi connectivity index (χ4v) is 1.95. The normalized spacial score (nSPS) is 10.6. The second-order valence-electron chi connectivity index (χ2n) is 3.19. The van der Waals surface area contributed by atoms with E-state index in [0.29, 0.717) is 11.0 Å². The van der Waals surface area contributed by atoms with Gasteiger partial charge in [-0.1, -0.05) is 6.92 Å². The molecule has 2 aromatic heterocycles. The summed E-state index contributed by atoms with van der Waals surface area (Å²) in [6, 6.07) is 1.73. The van der Waals surface area contributed by atoms with Gasteiger partial charge in [0, 0.05) is 12.5 Å². The first kappa shape index (κ1) is 10.9. The van der Waals surface area contributed by atoms with Gasteiger partial charge in [0.05, 0.1) is 0 Å². The Kier molecular flexibility index (Phi) is 3.35. The van der Waals surface area contributed by atoms with Gasteiger partial charge in [-0.05, 0) is 18.2 Å². The number of aromatic amines is 1. The van der Waals surface area contributed by atoms with E-state index in [-0.39, 0.29) is 0 Å². The summed E-state index contributed by atoms with van der Waals surface area (Å²) in [6.45, 7) is 2.08. The second kappa shape index (κ2) is 4.93. The van der Waals surface area contributed by atoms with Crippen molar-refractivity contribution in [1.29, 1.82) is 0 Å². The van der Waals surface area contributed by atoms with E-state index in [4.69, 9.17) is 5.73 Å². The average Bonchev–Trinajstić information content (AvgIpc) is 2.70. The highest BCUT2D eigenvalue weighted by atomic mass is 32.2. The standard InChI is InChI=1S/C9H12N6S/c1-2-3-7-13-6(10)4-8(14-7)16-9-11-5-12-15-9/h4-5H,2-3H2,1H3,(H2,10,13,14)(H,11,12,15). The Morgan fingerprint density at radius 1 is 1.44 bits per heavy atom. The number of nitrogens with one attached hydrogen (secondary N) is 1. The zero-order chi connectivity index (χ0) is 11.4. The van der Waals surface area contributed by atoms with Gasteiger partial charge < -0.3 is 5.73 Å². The third-order valence-electron chi connectivity index (χ3n) is 1.84. The van der Waals surface area contributed by atoms with Crippen LogP contribution in [0.2, 0.25) is 0 Å². The summed E-state index contributed by atoms with van der Waals surface area (Å²) in [6.07, 6.45) is 3.28. The minimum Gasteiger partial charge on any atom is -0.384 e. The summed E-state index contributed by atoms with van der Waals surface area (Å²) in [5, 5.41) is 8.00. The van der Waals surface area contributed by atoms with E-state index in [1.807, 2.05) is 0 Å². The highest BCUT2D eigenvalue weighted by Crippen LogP contribution is 2.23. The number of aryl methyl sites for hydroxylation is 1. The molecule has 0 bridgehead atoms. The van der Waals surface area contributed by atoms with Gasteiger partial charge in [-0.25, -0.2) is 15.0 Å². The largest absolute Gasteiger partial charge is 0.384 e. The SMILES string of the molecule is CCCc1nc(N)cc(Sc2ncn[nH]2)n1. The third-order valence-corrected chi connectivity index (χ3v) is 2.64. The van der Waals surface area contributed by atoms with Crippen molar-refractivity contribution in [2.45, 2.75) is 29.9 Å². The lowest BCUT2D eigenvalue weighted by Gasteiger charge is -2.02. The van der Waals surface area contributed by atoms with Crippen molar-refractivity contribution in [3.8, 4) is 0 Å².